The Labute approximate surface area is 169 Å². The third-order valence-corrected chi connectivity index (χ3v) is 4.93. The van der Waals surface area contributed by atoms with Crippen molar-refractivity contribution in [3.8, 4) is 5.75 Å². The van der Waals surface area contributed by atoms with Gasteiger partial charge in [0.15, 0.2) is 5.82 Å². The Kier molecular flexibility index (Phi) is 5.69. The van der Waals surface area contributed by atoms with Crippen LogP contribution in [0.5, 0.6) is 5.75 Å². The number of ether oxygens (including phenoxy) is 1. The first-order valence-corrected chi connectivity index (χ1v) is 9.53. The number of nitrogens with zero attached hydrogens (tertiary/aromatic N) is 5. The van der Waals surface area contributed by atoms with Gasteiger partial charge in [-0.15, -0.1) is 5.10 Å². The fourth-order valence-electron chi connectivity index (χ4n) is 3.27. The molecule has 0 saturated carbocycles. The highest BCUT2D eigenvalue weighted by Crippen LogP contribution is 2.19. The van der Waals surface area contributed by atoms with Gasteiger partial charge in [-0.25, -0.2) is 4.39 Å². The van der Waals surface area contributed by atoms with Crippen LogP contribution >= 0.6 is 0 Å². The van der Waals surface area contributed by atoms with E-state index in [1.54, 1.807) is 13.3 Å². The van der Waals surface area contributed by atoms with Crippen LogP contribution < -0.4 is 19.9 Å². The second-order valence-corrected chi connectivity index (χ2v) is 6.79. The molecule has 1 N–H and O–H groups in total. The number of nitrogens with one attached hydrogen (secondary N) is 1. The molecule has 150 valence electrons. The van der Waals surface area contributed by atoms with Crippen molar-refractivity contribution < 1.29 is 9.13 Å². The molecule has 2 aromatic carbocycles. The summed E-state index contributed by atoms with van der Waals surface area (Å²) >= 11 is 0. The fourth-order valence-corrected chi connectivity index (χ4v) is 3.27. The van der Waals surface area contributed by atoms with Crippen LogP contribution in [-0.2, 0) is 6.54 Å². The molecule has 1 aliphatic rings. The molecule has 2 heterocycles. The molecular weight excluding hydrogens is 371 g/mol. The molecule has 29 heavy (non-hydrogen) atoms. The van der Waals surface area contributed by atoms with Gasteiger partial charge in [0.25, 0.3) is 0 Å². The van der Waals surface area contributed by atoms with Crippen molar-refractivity contribution in [1.29, 1.82) is 0 Å². The number of piperazine rings is 1. The molecule has 3 aromatic rings. The van der Waals surface area contributed by atoms with Crippen molar-refractivity contribution in [1.82, 2.24) is 15.2 Å². The highest BCUT2D eigenvalue weighted by molar-refractivity contribution is 5.49. The second-order valence-electron chi connectivity index (χ2n) is 6.79. The SMILES string of the molecule is COc1ccc(CNc2cnnc(N3CCN(c4ccc(F)cc4)CC3)n2)cc1. The van der Waals surface area contributed by atoms with Crippen LogP contribution in [0.15, 0.2) is 54.7 Å². The molecule has 0 aliphatic carbocycles. The lowest BCUT2D eigenvalue weighted by Gasteiger charge is -2.35. The maximum Gasteiger partial charge on any atom is 0.247 e. The Bertz CT molecular complexity index is 927. The summed E-state index contributed by atoms with van der Waals surface area (Å²) in [6.45, 7) is 3.83. The zero-order valence-corrected chi connectivity index (χ0v) is 16.3. The first-order chi connectivity index (χ1) is 14.2. The Morgan fingerprint density at radius 1 is 0.966 bits per heavy atom. The third kappa shape index (κ3) is 4.71. The minimum atomic E-state index is -0.217. The van der Waals surface area contributed by atoms with E-state index in [4.69, 9.17) is 4.74 Å². The number of hydrogen-bond acceptors (Lipinski definition) is 7. The Morgan fingerprint density at radius 2 is 1.66 bits per heavy atom. The smallest absolute Gasteiger partial charge is 0.247 e. The van der Waals surface area contributed by atoms with Crippen LogP contribution in [0.25, 0.3) is 0 Å². The topological polar surface area (TPSA) is 66.4 Å². The Balaban J connectivity index is 1.34. The summed E-state index contributed by atoms with van der Waals surface area (Å²) < 4.78 is 18.3. The Hall–Kier alpha value is -3.42. The van der Waals surface area contributed by atoms with E-state index in [0.717, 1.165) is 43.2 Å². The molecule has 0 radical (unpaired) electrons. The first-order valence-electron chi connectivity index (χ1n) is 9.53. The van der Waals surface area contributed by atoms with Gasteiger partial charge in [0.2, 0.25) is 5.95 Å². The molecule has 7 nitrogen and oxygen atoms in total. The van der Waals surface area contributed by atoms with Crippen molar-refractivity contribution in [2.24, 2.45) is 0 Å². The van der Waals surface area contributed by atoms with Crippen LogP contribution in [0.1, 0.15) is 5.56 Å². The summed E-state index contributed by atoms with van der Waals surface area (Å²) in [5.74, 6) is 1.92. The quantitative estimate of drug-likeness (QED) is 0.689. The normalized spacial score (nSPS) is 14.0. The summed E-state index contributed by atoms with van der Waals surface area (Å²) in [7, 11) is 1.65. The van der Waals surface area contributed by atoms with Crippen LogP contribution in [0.3, 0.4) is 0 Å². The van der Waals surface area contributed by atoms with E-state index in [1.807, 2.05) is 36.4 Å². The minimum absolute atomic E-state index is 0.217. The molecule has 0 bridgehead atoms. The lowest BCUT2D eigenvalue weighted by molar-refractivity contribution is 0.414. The van der Waals surface area contributed by atoms with Gasteiger partial charge in [-0.2, -0.15) is 10.1 Å². The second kappa shape index (κ2) is 8.72. The van der Waals surface area contributed by atoms with E-state index in [1.165, 1.54) is 12.1 Å². The molecule has 1 saturated heterocycles. The maximum absolute atomic E-state index is 13.1. The average Bonchev–Trinajstić information content (AvgIpc) is 2.79. The highest BCUT2D eigenvalue weighted by Gasteiger charge is 2.20. The van der Waals surface area contributed by atoms with Gasteiger partial charge < -0.3 is 19.9 Å². The van der Waals surface area contributed by atoms with Gasteiger partial charge >= 0.3 is 0 Å². The summed E-state index contributed by atoms with van der Waals surface area (Å²) in [4.78, 5) is 8.95. The van der Waals surface area contributed by atoms with Crippen molar-refractivity contribution in [2.75, 3.05) is 48.4 Å². The maximum atomic E-state index is 13.1. The van der Waals surface area contributed by atoms with Gasteiger partial charge in [-0.3, -0.25) is 0 Å². The molecule has 1 aliphatic heterocycles. The molecular formula is C21H23FN6O. The molecule has 4 rings (SSSR count). The largest absolute Gasteiger partial charge is 0.497 e. The summed E-state index contributed by atoms with van der Waals surface area (Å²) in [6.07, 6.45) is 1.63. The van der Waals surface area contributed by atoms with Crippen molar-refractivity contribution >= 4 is 17.5 Å². The number of anilines is 3. The number of methoxy groups -OCH3 is 1. The molecule has 1 aromatic heterocycles. The van der Waals surface area contributed by atoms with Crippen molar-refractivity contribution in [3.63, 3.8) is 0 Å². The lowest BCUT2D eigenvalue weighted by atomic mass is 10.2. The van der Waals surface area contributed by atoms with Crippen molar-refractivity contribution in [3.05, 3.63) is 66.1 Å². The molecule has 1 fully saturated rings. The van der Waals surface area contributed by atoms with Crippen molar-refractivity contribution in [2.45, 2.75) is 6.54 Å². The predicted octanol–water partition coefficient (Wildman–Crippen LogP) is 2.96. The van der Waals surface area contributed by atoms with Gasteiger partial charge in [-0.1, -0.05) is 12.1 Å². The van der Waals surface area contributed by atoms with Gasteiger partial charge in [0.05, 0.1) is 13.3 Å². The molecule has 0 atom stereocenters. The molecule has 0 unspecified atom stereocenters. The summed E-state index contributed by atoms with van der Waals surface area (Å²) in [6, 6.07) is 14.5. The zero-order chi connectivity index (χ0) is 20.1. The van der Waals surface area contributed by atoms with Crippen LogP contribution in [0.4, 0.5) is 21.8 Å². The monoisotopic (exact) mass is 394 g/mol. The lowest BCUT2D eigenvalue weighted by Crippen LogP contribution is -2.47. The number of benzene rings is 2. The third-order valence-electron chi connectivity index (χ3n) is 4.93. The van der Waals surface area contributed by atoms with E-state index in [2.05, 4.69) is 30.3 Å². The van der Waals surface area contributed by atoms with Gasteiger partial charge in [-0.05, 0) is 42.0 Å². The number of hydrogen-bond donors (Lipinski definition) is 1. The average molecular weight is 394 g/mol. The van der Waals surface area contributed by atoms with Crippen LogP contribution in [0.2, 0.25) is 0 Å². The summed E-state index contributed by atoms with van der Waals surface area (Å²) in [5, 5.41) is 11.6. The zero-order valence-electron chi connectivity index (χ0n) is 16.3. The fraction of sp³-hybridized carbons (Fsp3) is 0.286. The minimum Gasteiger partial charge on any atom is -0.497 e. The summed E-state index contributed by atoms with van der Waals surface area (Å²) in [5.41, 5.74) is 2.15. The predicted molar refractivity (Wildman–Crippen MR) is 111 cm³/mol. The number of aromatic nitrogens is 3. The van der Waals surface area contributed by atoms with E-state index in [0.29, 0.717) is 18.3 Å². The Morgan fingerprint density at radius 3 is 2.34 bits per heavy atom. The number of halogens is 1. The highest BCUT2D eigenvalue weighted by atomic mass is 19.1. The van der Waals surface area contributed by atoms with Gasteiger partial charge in [0, 0.05) is 38.4 Å². The van der Waals surface area contributed by atoms with Crippen LogP contribution in [0, 0.1) is 5.82 Å². The van der Waals surface area contributed by atoms with Crippen LogP contribution in [-0.4, -0.2) is 48.5 Å². The standard InChI is InChI=1S/C21H23FN6O/c1-29-19-8-2-16(3-9-19)14-23-20-15-24-26-21(25-20)28-12-10-27(11-13-28)18-6-4-17(22)5-7-18/h2-9,15H,10-14H2,1H3,(H,23,25,26). The van der Waals surface area contributed by atoms with E-state index >= 15 is 0 Å². The van der Waals surface area contributed by atoms with E-state index in [-0.39, 0.29) is 5.82 Å². The molecule has 8 heteroatoms. The molecule has 0 amide bonds. The van der Waals surface area contributed by atoms with E-state index in [9.17, 15) is 4.39 Å². The first kappa shape index (κ1) is 18.9. The van der Waals surface area contributed by atoms with Gasteiger partial charge in [0.1, 0.15) is 11.6 Å². The molecule has 0 spiro atoms. The van der Waals surface area contributed by atoms with E-state index < -0.39 is 0 Å². The number of rotatable bonds is 6.